The molecule has 0 N–H and O–H groups in total. The fraction of sp³-hybridized carbons (Fsp3) is 1.00. The van der Waals surface area contributed by atoms with Crippen LogP contribution < -0.4 is 0 Å². The van der Waals surface area contributed by atoms with E-state index >= 15 is 0 Å². The summed E-state index contributed by atoms with van der Waals surface area (Å²) in [6, 6.07) is 0. The molecule has 0 saturated heterocycles. The van der Waals surface area contributed by atoms with Crippen LogP contribution in [-0.4, -0.2) is 43.1 Å². The van der Waals surface area contributed by atoms with E-state index in [4.69, 9.17) is 0 Å². The quantitative estimate of drug-likeness (QED) is 0.545. The zero-order valence-electron chi connectivity index (χ0n) is 5.57. The second-order valence-corrected chi connectivity index (χ2v) is 2.16. The third-order valence-corrected chi connectivity index (χ3v) is 0.959. The molecule has 0 aromatic heterocycles. The molecule has 0 heterocycles. The van der Waals surface area contributed by atoms with E-state index < -0.39 is 0 Å². The van der Waals surface area contributed by atoms with Crippen LogP contribution in [0.25, 0.3) is 0 Å². The van der Waals surface area contributed by atoms with E-state index in [1.54, 1.807) is 0 Å². The molecular formula is C6H19GeN. The van der Waals surface area contributed by atoms with Crippen LogP contribution in [0.3, 0.4) is 0 Å². The molecule has 0 atom stereocenters. The number of rotatable bonds is 3. The molecule has 52 valence electrons. The maximum atomic E-state index is 2.21. The molecular weight excluding hydrogens is 159 g/mol. The Balaban J connectivity index is 0. The van der Waals surface area contributed by atoms with Crippen LogP contribution in [0.2, 0.25) is 0 Å². The monoisotopic (exact) mass is 179 g/mol. The summed E-state index contributed by atoms with van der Waals surface area (Å²) in [5, 5.41) is 0. The first kappa shape index (κ1) is 11.3. The molecule has 0 fully saturated rings. The summed E-state index contributed by atoms with van der Waals surface area (Å²) in [7, 11) is 4.21. The van der Waals surface area contributed by atoms with Crippen molar-refractivity contribution in [2.45, 2.75) is 19.8 Å². The Kier molecular flexibility index (Phi) is 10.6. The SMILES string of the molecule is CCCCN(C)C.[GeH4]. The summed E-state index contributed by atoms with van der Waals surface area (Å²) in [4.78, 5) is 2.21. The van der Waals surface area contributed by atoms with Gasteiger partial charge in [0.15, 0.2) is 0 Å². The average molecular weight is 178 g/mol. The molecule has 1 nitrogen and oxygen atoms in total. The van der Waals surface area contributed by atoms with Gasteiger partial charge in [-0.2, -0.15) is 0 Å². The van der Waals surface area contributed by atoms with Crippen molar-refractivity contribution >= 4 is 17.6 Å². The summed E-state index contributed by atoms with van der Waals surface area (Å²) >= 11 is 0. The van der Waals surface area contributed by atoms with Gasteiger partial charge in [-0.25, -0.2) is 0 Å². The summed E-state index contributed by atoms with van der Waals surface area (Å²) in [5.41, 5.74) is 0. The van der Waals surface area contributed by atoms with Crippen molar-refractivity contribution in [3.63, 3.8) is 0 Å². The standard InChI is InChI=1S/C6H15N.GeH4/c1-4-5-6-7(2)3;/h4-6H2,1-3H3;1H4. The van der Waals surface area contributed by atoms with Gasteiger partial charge < -0.3 is 4.90 Å². The summed E-state index contributed by atoms with van der Waals surface area (Å²) < 4.78 is 0. The van der Waals surface area contributed by atoms with E-state index in [9.17, 15) is 0 Å². The molecule has 0 aromatic carbocycles. The molecule has 0 aliphatic rings. The fourth-order valence-electron chi connectivity index (χ4n) is 0.474. The van der Waals surface area contributed by atoms with Crippen molar-refractivity contribution in [1.29, 1.82) is 0 Å². The van der Waals surface area contributed by atoms with Crippen molar-refractivity contribution in [1.82, 2.24) is 4.90 Å². The topological polar surface area (TPSA) is 3.24 Å². The van der Waals surface area contributed by atoms with Gasteiger partial charge in [-0.05, 0) is 27.1 Å². The van der Waals surface area contributed by atoms with E-state index in [1.807, 2.05) is 0 Å². The summed E-state index contributed by atoms with van der Waals surface area (Å²) in [6.07, 6.45) is 2.63. The van der Waals surface area contributed by atoms with Crippen molar-refractivity contribution in [3.8, 4) is 0 Å². The Bertz CT molecular complexity index is 37.5. The van der Waals surface area contributed by atoms with Crippen LogP contribution >= 0.6 is 0 Å². The van der Waals surface area contributed by atoms with Crippen LogP contribution in [-0.2, 0) is 0 Å². The van der Waals surface area contributed by atoms with Crippen LogP contribution in [0.1, 0.15) is 19.8 Å². The maximum absolute atomic E-state index is 2.21. The number of nitrogens with zero attached hydrogens (tertiary/aromatic N) is 1. The van der Waals surface area contributed by atoms with Gasteiger partial charge in [-0.15, -0.1) is 0 Å². The van der Waals surface area contributed by atoms with Gasteiger partial charge in [0.25, 0.3) is 0 Å². The fourth-order valence-corrected chi connectivity index (χ4v) is 0.474. The second kappa shape index (κ2) is 7.50. The number of hydrogen-bond donors (Lipinski definition) is 0. The number of hydrogen-bond acceptors (Lipinski definition) is 1. The van der Waals surface area contributed by atoms with E-state index in [1.165, 1.54) is 19.4 Å². The van der Waals surface area contributed by atoms with Crippen molar-refractivity contribution < 1.29 is 0 Å². The zero-order chi connectivity index (χ0) is 5.70. The van der Waals surface area contributed by atoms with Crippen molar-refractivity contribution in [2.24, 2.45) is 0 Å². The minimum absolute atomic E-state index is 0. The molecule has 0 aliphatic carbocycles. The van der Waals surface area contributed by atoms with Crippen molar-refractivity contribution in [3.05, 3.63) is 0 Å². The Labute approximate surface area is 63.4 Å². The Hall–Kier alpha value is 0.503. The molecule has 2 heteroatoms. The normalized spacial score (nSPS) is 9.00. The predicted octanol–water partition coefficient (Wildman–Crippen LogP) is -0.103. The first-order valence-corrected chi connectivity index (χ1v) is 2.92. The molecule has 8 heavy (non-hydrogen) atoms. The predicted molar refractivity (Wildman–Crippen MR) is 44.8 cm³/mol. The summed E-state index contributed by atoms with van der Waals surface area (Å²) in [5.74, 6) is 0. The Morgan fingerprint density at radius 1 is 1.25 bits per heavy atom. The molecule has 0 aromatic rings. The van der Waals surface area contributed by atoms with Gasteiger partial charge in [0.2, 0.25) is 0 Å². The van der Waals surface area contributed by atoms with Crippen LogP contribution in [0.4, 0.5) is 0 Å². The van der Waals surface area contributed by atoms with Gasteiger partial charge in [0, 0.05) is 0 Å². The molecule has 0 amide bonds. The third-order valence-electron chi connectivity index (χ3n) is 0.959. The zero-order valence-corrected chi connectivity index (χ0v) is 5.57. The Morgan fingerprint density at radius 3 is 1.88 bits per heavy atom. The van der Waals surface area contributed by atoms with E-state index in [2.05, 4.69) is 25.9 Å². The van der Waals surface area contributed by atoms with E-state index in [-0.39, 0.29) is 17.6 Å². The molecule has 0 bridgehead atoms. The first-order valence-electron chi connectivity index (χ1n) is 2.92. The minimum atomic E-state index is 0. The molecule has 0 saturated carbocycles. The van der Waals surface area contributed by atoms with E-state index in [0.717, 1.165) is 0 Å². The molecule has 0 spiro atoms. The van der Waals surface area contributed by atoms with Crippen LogP contribution in [0.5, 0.6) is 0 Å². The van der Waals surface area contributed by atoms with Crippen molar-refractivity contribution in [2.75, 3.05) is 20.6 Å². The second-order valence-electron chi connectivity index (χ2n) is 2.16. The molecule has 0 unspecified atom stereocenters. The van der Waals surface area contributed by atoms with Gasteiger partial charge in [-0.3, -0.25) is 0 Å². The number of unbranched alkanes of at least 4 members (excludes halogenated alkanes) is 1. The third kappa shape index (κ3) is 9.71. The molecule has 0 radical (unpaired) electrons. The van der Waals surface area contributed by atoms with Crippen LogP contribution in [0, 0.1) is 0 Å². The van der Waals surface area contributed by atoms with E-state index in [0.29, 0.717) is 0 Å². The Morgan fingerprint density at radius 2 is 1.75 bits per heavy atom. The van der Waals surface area contributed by atoms with Gasteiger partial charge in [0.05, 0.1) is 0 Å². The van der Waals surface area contributed by atoms with Gasteiger partial charge >= 0.3 is 17.6 Å². The summed E-state index contributed by atoms with van der Waals surface area (Å²) in [6.45, 7) is 3.44. The molecule has 0 aliphatic heterocycles. The van der Waals surface area contributed by atoms with Gasteiger partial charge in [0.1, 0.15) is 0 Å². The first-order chi connectivity index (χ1) is 3.27. The van der Waals surface area contributed by atoms with Crippen LogP contribution in [0.15, 0.2) is 0 Å². The average Bonchev–Trinajstić information content (AvgIpc) is 1.61. The molecule has 0 rings (SSSR count). The van der Waals surface area contributed by atoms with Gasteiger partial charge in [-0.1, -0.05) is 13.3 Å².